The van der Waals surface area contributed by atoms with Gasteiger partial charge in [-0.25, -0.2) is 9.59 Å². The van der Waals surface area contributed by atoms with E-state index in [4.69, 9.17) is 0 Å². The van der Waals surface area contributed by atoms with Crippen molar-refractivity contribution >= 4 is 35.1 Å². The van der Waals surface area contributed by atoms with Crippen molar-refractivity contribution in [2.24, 2.45) is 0 Å². The lowest BCUT2D eigenvalue weighted by molar-refractivity contribution is -0.104. The Morgan fingerprint density at radius 3 is 2.42 bits per heavy atom. The molecule has 0 amide bonds. The van der Waals surface area contributed by atoms with Crippen molar-refractivity contribution in [3.05, 3.63) is 53.1 Å². The standard InChI is InChI=1S/C15H8O4/c16-8-2-3-9-6-7-12-13-10(9)4-1-5-11(13)14(17)19-15(12)18/h1-8H. The van der Waals surface area contributed by atoms with Crippen molar-refractivity contribution < 1.29 is 19.1 Å². The van der Waals surface area contributed by atoms with Gasteiger partial charge in [0, 0.05) is 5.39 Å². The van der Waals surface area contributed by atoms with Gasteiger partial charge in [-0.3, -0.25) is 4.79 Å². The van der Waals surface area contributed by atoms with Gasteiger partial charge >= 0.3 is 11.9 Å². The second-order valence-corrected chi connectivity index (χ2v) is 4.10. The molecule has 0 radical (unpaired) electrons. The molecule has 0 saturated carbocycles. The third-order valence-electron chi connectivity index (χ3n) is 3.05. The second kappa shape index (κ2) is 4.17. The first kappa shape index (κ1) is 11.3. The highest BCUT2D eigenvalue weighted by molar-refractivity contribution is 6.21. The van der Waals surface area contributed by atoms with Gasteiger partial charge in [0.25, 0.3) is 0 Å². The molecule has 2 aromatic carbocycles. The normalized spacial score (nSPS) is 13.9. The van der Waals surface area contributed by atoms with Crippen LogP contribution in [0.5, 0.6) is 0 Å². The van der Waals surface area contributed by atoms with Crippen LogP contribution in [-0.2, 0) is 9.53 Å². The number of benzene rings is 2. The van der Waals surface area contributed by atoms with Gasteiger partial charge in [-0.15, -0.1) is 0 Å². The van der Waals surface area contributed by atoms with Gasteiger partial charge in [0.15, 0.2) is 0 Å². The minimum atomic E-state index is -0.639. The fourth-order valence-corrected chi connectivity index (χ4v) is 2.25. The molecule has 0 unspecified atom stereocenters. The third-order valence-corrected chi connectivity index (χ3v) is 3.05. The molecule has 1 aliphatic heterocycles. The van der Waals surface area contributed by atoms with Gasteiger partial charge in [-0.05, 0) is 29.2 Å². The summed E-state index contributed by atoms with van der Waals surface area (Å²) in [4.78, 5) is 33.8. The summed E-state index contributed by atoms with van der Waals surface area (Å²) in [7, 11) is 0. The summed E-state index contributed by atoms with van der Waals surface area (Å²) in [5.41, 5.74) is 1.51. The molecule has 0 N–H and O–H groups in total. The van der Waals surface area contributed by atoms with E-state index in [0.29, 0.717) is 22.8 Å². The van der Waals surface area contributed by atoms with E-state index in [0.717, 1.165) is 10.9 Å². The zero-order valence-corrected chi connectivity index (χ0v) is 9.75. The Kier molecular flexibility index (Phi) is 2.49. The number of hydrogen-bond donors (Lipinski definition) is 0. The van der Waals surface area contributed by atoms with Gasteiger partial charge in [0.2, 0.25) is 0 Å². The molecule has 4 heteroatoms. The molecule has 2 aromatic rings. The smallest absolute Gasteiger partial charge is 0.346 e. The van der Waals surface area contributed by atoms with Gasteiger partial charge < -0.3 is 4.74 Å². The lowest BCUT2D eigenvalue weighted by Gasteiger charge is -2.16. The van der Waals surface area contributed by atoms with Crippen LogP contribution in [0.15, 0.2) is 36.4 Å². The maximum Gasteiger partial charge on any atom is 0.346 e. The Balaban J connectivity index is 2.41. The molecule has 0 aliphatic carbocycles. The summed E-state index contributed by atoms with van der Waals surface area (Å²) in [6.45, 7) is 0. The Labute approximate surface area is 108 Å². The lowest BCUT2D eigenvalue weighted by Crippen LogP contribution is -2.19. The van der Waals surface area contributed by atoms with Crippen molar-refractivity contribution in [3.8, 4) is 0 Å². The van der Waals surface area contributed by atoms with Gasteiger partial charge in [-0.1, -0.05) is 24.3 Å². The summed E-state index contributed by atoms with van der Waals surface area (Å²) < 4.78 is 4.67. The van der Waals surface area contributed by atoms with E-state index in [9.17, 15) is 14.4 Å². The van der Waals surface area contributed by atoms with Crippen LogP contribution in [0.25, 0.3) is 16.8 Å². The van der Waals surface area contributed by atoms with Crippen LogP contribution in [0, 0.1) is 0 Å². The van der Waals surface area contributed by atoms with E-state index in [1.54, 1.807) is 36.4 Å². The number of esters is 2. The van der Waals surface area contributed by atoms with E-state index in [-0.39, 0.29) is 0 Å². The second-order valence-electron chi connectivity index (χ2n) is 4.10. The minimum absolute atomic E-state index is 0.369. The quantitative estimate of drug-likeness (QED) is 0.356. The predicted molar refractivity (Wildman–Crippen MR) is 68.8 cm³/mol. The Hall–Kier alpha value is -2.75. The average molecular weight is 252 g/mol. The molecule has 0 saturated heterocycles. The summed E-state index contributed by atoms with van der Waals surface area (Å²) in [5.74, 6) is -1.28. The van der Waals surface area contributed by atoms with Crippen LogP contribution in [-0.4, -0.2) is 18.2 Å². The van der Waals surface area contributed by atoms with Gasteiger partial charge in [0.1, 0.15) is 6.29 Å². The zero-order valence-electron chi connectivity index (χ0n) is 9.75. The molecular weight excluding hydrogens is 244 g/mol. The lowest BCUT2D eigenvalue weighted by atomic mass is 9.94. The fourth-order valence-electron chi connectivity index (χ4n) is 2.25. The van der Waals surface area contributed by atoms with Crippen LogP contribution in [0.2, 0.25) is 0 Å². The molecule has 0 atom stereocenters. The SMILES string of the molecule is O=CC=Cc1ccc2c3c(cccc13)C(=O)OC2=O. The maximum atomic E-state index is 11.7. The molecule has 1 aliphatic rings. The van der Waals surface area contributed by atoms with Crippen LogP contribution in [0.1, 0.15) is 26.3 Å². The van der Waals surface area contributed by atoms with E-state index in [2.05, 4.69) is 4.74 Å². The molecule has 1 heterocycles. The summed E-state index contributed by atoms with van der Waals surface area (Å²) in [6.07, 6.45) is 3.68. The van der Waals surface area contributed by atoms with E-state index >= 15 is 0 Å². The van der Waals surface area contributed by atoms with E-state index in [1.165, 1.54) is 6.08 Å². The highest BCUT2D eigenvalue weighted by Crippen LogP contribution is 2.31. The monoisotopic (exact) mass is 252 g/mol. The van der Waals surface area contributed by atoms with Crippen molar-refractivity contribution in [1.29, 1.82) is 0 Å². The first-order chi connectivity index (χ1) is 9.22. The molecule has 19 heavy (non-hydrogen) atoms. The Bertz CT molecular complexity index is 736. The number of carbonyl (C=O) groups excluding carboxylic acids is 3. The van der Waals surface area contributed by atoms with Crippen molar-refractivity contribution in [1.82, 2.24) is 0 Å². The molecule has 92 valence electrons. The van der Waals surface area contributed by atoms with Crippen LogP contribution in [0.4, 0.5) is 0 Å². The van der Waals surface area contributed by atoms with Crippen LogP contribution in [0.3, 0.4) is 0 Å². The highest BCUT2D eigenvalue weighted by atomic mass is 16.6. The third kappa shape index (κ3) is 1.65. The molecule has 0 spiro atoms. The Morgan fingerprint density at radius 2 is 1.68 bits per heavy atom. The largest absolute Gasteiger partial charge is 0.386 e. The fraction of sp³-hybridized carbons (Fsp3) is 0. The van der Waals surface area contributed by atoms with Crippen molar-refractivity contribution in [2.45, 2.75) is 0 Å². The zero-order chi connectivity index (χ0) is 13.4. The molecule has 0 aromatic heterocycles. The first-order valence-corrected chi connectivity index (χ1v) is 5.66. The molecule has 4 nitrogen and oxygen atoms in total. The van der Waals surface area contributed by atoms with Crippen LogP contribution >= 0.6 is 0 Å². The Morgan fingerprint density at radius 1 is 0.947 bits per heavy atom. The molecule has 0 bridgehead atoms. The van der Waals surface area contributed by atoms with Crippen molar-refractivity contribution in [3.63, 3.8) is 0 Å². The minimum Gasteiger partial charge on any atom is -0.386 e. The highest BCUT2D eigenvalue weighted by Gasteiger charge is 2.27. The summed E-state index contributed by atoms with van der Waals surface area (Å²) in [6, 6.07) is 8.47. The maximum absolute atomic E-state index is 11.7. The topological polar surface area (TPSA) is 60.4 Å². The van der Waals surface area contributed by atoms with E-state index < -0.39 is 11.9 Å². The van der Waals surface area contributed by atoms with Gasteiger partial charge in [0.05, 0.1) is 11.1 Å². The number of ether oxygens (including phenoxy) is 1. The van der Waals surface area contributed by atoms with Crippen LogP contribution < -0.4 is 0 Å². The number of rotatable bonds is 2. The molecule has 0 fully saturated rings. The van der Waals surface area contributed by atoms with Crippen molar-refractivity contribution in [2.75, 3.05) is 0 Å². The average Bonchev–Trinajstić information content (AvgIpc) is 2.42. The predicted octanol–water partition coefficient (Wildman–Crippen LogP) is 2.36. The number of allylic oxidation sites excluding steroid dienone is 1. The summed E-state index contributed by atoms with van der Waals surface area (Å²) >= 11 is 0. The first-order valence-electron chi connectivity index (χ1n) is 5.66. The molecule has 3 rings (SSSR count). The summed E-state index contributed by atoms with van der Waals surface area (Å²) in [5, 5.41) is 1.33. The number of aldehydes is 1. The van der Waals surface area contributed by atoms with Gasteiger partial charge in [-0.2, -0.15) is 0 Å². The number of carbonyl (C=O) groups is 3. The van der Waals surface area contributed by atoms with E-state index in [1.807, 2.05) is 0 Å². The number of hydrogen-bond acceptors (Lipinski definition) is 4. The molecular formula is C15H8O4. The number of cyclic esters (lactones) is 2.